The Labute approximate surface area is 279 Å². The molecule has 236 valence electrons. The second-order valence-electron chi connectivity index (χ2n) is 10.7. The summed E-state index contributed by atoms with van der Waals surface area (Å²) in [6, 6.07) is 33.9. The van der Waals surface area contributed by atoms with Crippen LogP contribution in [-0.2, 0) is 4.79 Å². The Kier molecular flexibility index (Phi) is 8.38. The van der Waals surface area contributed by atoms with Crippen LogP contribution in [0.4, 0.5) is 5.13 Å². The minimum Gasteiger partial charge on any atom is -0.497 e. The van der Waals surface area contributed by atoms with Crippen LogP contribution in [0.3, 0.4) is 0 Å². The normalized spacial score (nSPS) is 11.2. The van der Waals surface area contributed by atoms with Crippen molar-refractivity contribution in [2.24, 2.45) is 0 Å². The summed E-state index contributed by atoms with van der Waals surface area (Å²) in [6.45, 7) is 0. The quantitative estimate of drug-likeness (QED) is 0.124. The molecule has 0 atom stereocenters. The minimum absolute atomic E-state index is 0.289. The van der Waals surface area contributed by atoms with Gasteiger partial charge in [-0.15, -0.1) is 0 Å². The first-order chi connectivity index (χ1) is 23.5. The second-order valence-corrected chi connectivity index (χ2v) is 11.7. The molecular weight excluding hydrogens is 625 g/mol. The van der Waals surface area contributed by atoms with E-state index in [1.807, 2.05) is 97.1 Å². The average Bonchev–Trinajstić information content (AvgIpc) is 3.75. The number of nitrogens with one attached hydrogen (secondary N) is 1. The molecule has 0 saturated heterocycles. The maximum atomic E-state index is 13.3. The van der Waals surface area contributed by atoms with Gasteiger partial charge in [0.2, 0.25) is 5.91 Å². The number of ether oxygens (including phenoxy) is 2. The Morgan fingerprint density at radius 3 is 2.21 bits per heavy atom. The van der Waals surface area contributed by atoms with Crippen molar-refractivity contribution < 1.29 is 18.7 Å². The minimum atomic E-state index is -0.522. The number of nitrogens with zero attached hydrogens (tertiary/aromatic N) is 3. The molecule has 0 saturated carbocycles. The highest BCUT2D eigenvalue weighted by molar-refractivity contribution is 7.19. The molecule has 0 bridgehead atoms. The molecule has 3 aromatic heterocycles. The van der Waals surface area contributed by atoms with Gasteiger partial charge in [-0.2, -0.15) is 5.10 Å². The van der Waals surface area contributed by atoms with Crippen molar-refractivity contribution in [1.82, 2.24) is 14.8 Å². The van der Waals surface area contributed by atoms with Gasteiger partial charge in [-0.05, 0) is 84.4 Å². The van der Waals surface area contributed by atoms with E-state index >= 15 is 0 Å². The molecule has 0 aliphatic rings. The van der Waals surface area contributed by atoms with Gasteiger partial charge in [0.15, 0.2) is 5.13 Å². The van der Waals surface area contributed by atoms with Crippen molar-refractivity contribution in [3.8, 4) is 50.1 Å². The van der Waals surface area contributed by atoms with E-state index in [0.717, 1.165) is 44.3 Å². The molecule has 0 unspecified atom stereocenters. The second kappa shape index (κ2) is 13.2. The predicted molar refractivity (Wildman–Crippen MR) is 189 cm³/mol. The van der Waals surface area contributed by atoms with E-state index < -0.39 is 11.5 Å². The third-order valence-corrected chi connectivity index (χ3v) is 8.67. The molecular formula is C38H28N4O5S. The summed E-state index contributed by atoms with van der Waals surface area (Å²) < 4.78 is 17.9. The van der Waals surface area contributed by atoms with Gasteiger partial charge in [0, 0.05) is 28.8 Å². The topological polar surface area (TPSA) is 108 Å². The number of carbonyl (C=O) groups is 1. The lowest BCUT2D eigenvalue weighted by Crippen LogP contribution is -2.07. The van der Waals surface area contributed by atoms with Crippen LogP contribution in [0.1, 0.15) is 5.56 Å². The van der Waals surface area contributed by atoms with Crippen molar-refractivity contribution in [3.05, 3.63) is 137 Å². The van der Waals surface area contributed by atoms with Crippen LogP contribution in [-0.4, -0.2) is 34.9 Å². The molecule has 0 aliphatic heterocycles. The Hall–Kier alpha value is -6.26. The molecule has 0 aliphatic carbocycles. The summed E-state index contributed by atoms with van der Waals surface area (Å²) in [6.07, 6.45) is 4.81. The number of anilines is 1. The molecule has 10 heteroatoms. The molecule has 0 fully saturated rings. The molecule has 9 nitrogen and oxygen atoms in total. The van der Waals surface area contributed by atoms with Crippen LogP contribution in [0.15, 0.2) is 131 Å². The average molecular weight is 653 g/mol. The van der Waals surface area contributed by atoms with Crippen molar-refractivity contribution in [1.29, 1.82) is 0 Å². The third-order valence-electron chi connectivity index (χ3n) is 7.65. The lowest BCUT2D eigenvalue weighted by atomic mass is 10.1. The van der Waals surface area contributed by atoms with E-state index in [9.17, 15) is 9.59 Å². The number of fused-ring (bicyclic) bond motifs is 1. The molecule has 1 amide bonds. The van der Waals surface area contributed by atoms with Crippen molar-refractivity contribution in [3.63, 3.8) is 0 Å². The highest BCUT2D eigenvalue weighted by Crippen LogP contribution is 2.40. The standard InChI is InChI=1S/C38H28N4O5S/c1-45-29-17-12-24(13-18-29)35-36(25-14-19-30(46-2)20-15-25)48-38(40-35)39-33(43)21-16-27-23-42(28-9-4-3-5-10-28)41-34(27)31-22-26-8-6-7-11-32(26)47-37(31)44/h3-23H,1-2H3,(H,39,40,43)/b21-16+. The fraction of sp³-hybridized carbons (Fsp3) is 0.0526. The summed E-state index contributed by atoms with van der Waals surface area (Å²) in [5.74, 6) is 1.08. The molecule has 4 aromatic carbocycles. The summed E-state index contributed by atoms with van der Waals surface area (Å²) >= 11 is 1.37. The first-order valence-electron chi connectivity index (χ1n) is 15.0. The molecule has 0 radical (unpaired) electrons. The molecule has 48 heavy (non-hydrogen) atoms. The molecule has 0 spiro atoms. The Balaban J connectivity index is 1.22. The van der Waals surface area contributed by atoms with Crippen LogP contribution in [0, 0.1) is 0 Å². The predicted octanol–water partition coefficient (Wildman–Crippen LogP) is 8.11. The Morgan fingerprint density at radius 1 is 0.833 bits per heavy atom. The summed E-state index contributed by atoms with van der Waals surface area (Å²) in [4.78, 5) is 32.1. The summed E-state index contributed by atoms with van der Waals surface area (Å²) in [5.41, 5.74) is 4.53. The number of para-hydroxylation sites is 2. The number of hydrogen-bond donors (Lipinski definition) is 1. The first-order valence-corrected chi connectivity index (χ1v) is 15.8. The van der Waals surface area contributed by atoms with Gasteiger partial charge >= 0.3 is 5.63 Å². The van der Waals surface area contributed by atoms with E-state index in [1.165, 1.54) is 17.4 Å². The SMILES string of the molecule is COc1ccc(-c2nc(NC(=O)/C=C/c3cn(-c4ccccc4)nc3-c3cc4ccccc4oc3=O)sc2-c2ccc(OC)cc2)cc1. The van der Waals surface area contributed by atoms with Gasteiger partial charge < -0.3 is 13.9 Å². The number of aromatic nitrogens is 3. The van der Waals surface area contributed by atoms with Crippen LogP contribution in [0.5, 0.6) is 11.5 Å². The highest BCUT2D eigenvalue weighted by Gasteiger charge is 2.18. The van der Waals surface area contributed by atoms with Gasteiger partial charge in [-0.25, -0.2) is 14.5 Å². The zero-order valence-electron chi connectivity index (χ0n) is 25.9. The number of carbonyl (C=O) groups excluding carboxylic acids is 1. The van der Waals surface area contributed by atoms with Gasteiger partial charge in [0.25, 0.3) is 0 Å². The Morgan fingerprint density at radius 2 is 1.50 bits per heavy atom. The first kappa shape index (κ1) is 30.4. The lowest BCUT2D eigenvalue weighted by Gasteiger charge is -2.05. The van der Waals surface area contributed by atoms with Gasteiger partial charge in [-0.3, -0.25) is 10.1 Å². The van der Waals surface area contributed by atoms with Crippen molar-refractivity contribution in [2.45, 2.75) is 0 Å². The smallest absolute Gasteiger partial charge is 0.345 e. The number of amides is 1. The molecule has 7 rings (SSSR count). The van der Waals surface area contributed by atoms with Gasteiger partial charge in [0.05, 0.1) is 36.0 Å². The van der Waals surface area contributed by atoms with E-state index in [2.05, 4.69) is 5.32 Å². The van der Waals surface area contributed by atoms with E-state index in [-0.39, 0.29) is 5.56 Å². The van der Waals surface area contributed by atoms with Crippen LogP contribution >= 0.6 is 11.3 Å². The maximum Gasteiger partial charge on any atom is 0.345 e. The molecule has 3 heterocycles. The maximum absolute atomic E-state index is 13.3. The number of benzene rings is 4. The zero-order valence-corrected chi connectivity index (χ0v) is 26.7. The van der Waals surface area contributed by atoms with E-state index in [1.54, 1.807) is 43.3 Å². The van der Waals surface area contributed by atoms with Crippen molar-refractivity contribution in [2.75, 3.05) is 19.5 Å². The summed E-state index contributed by atoms with van der Waals surface area (Å²) in [5, 5.41) is 8.84. The zero-order chi connectivity index (χ0) is 33.0. The number of methoxy groups -OCH3 is 2. The van der Waals surface area contributed by atoms with Gasteiger partial charge in [0.1, 0.15) is 22.8 Å². The van der Waals surface area contributed by atoms with Crippen molar-refractivity contribution >= 4 is 39.4 Å². The van der Waals surface area contributed by atoms with Gasteiger partial charge in [-0.1, -0.05) is 47.7 Å². The lowest BCUT2D eigenvalue weighted by molar-refractivity contribution is -0.111. The molecule has 7 aromatic rings. The highest BCUT2D eigenvalue weighted by atomic mass is 32.1. The molecule has 1 N–H and O–H groups in total. The fourth-order valence-electron chi connectivity index (χ4n) is 5.23. The van der Waals surface area contributed by atoms with Crippen LogP contribution < -0.4 is 20.4 Å². The monoisotopic (exact) mass is 652 g/mol. The van der Waals surface area contributed by atoms with E-state index in [0.29, 0.717) is 22.0 Å². The van der Waals surface area contributed by atoms with Crippen LogP contribution in [0.2, 0.25) is 0 Å². The summed E-state index contributed by atoms with van der Waals surface area (Å²) in [7, 11) is 3.24. The van der Waals surface area contributed by atoms with Crippen LogP contribution in [0.25, 0.3) is 55.7 Å². The number of rotatable bonds is 9. The largest absolute Gasteiger partial charge is 0.497 e. The Bertz CT molecular complexity index is 2260. The fourth-order valence-corrected chi connectivity index (χ4v) is 6.22. The third kappa shape index (κ3) is 6.24. The number of hydrogen-bond acceptors (Lipinski definition) is 8. The van der Waals surface area contributed by atoms with E-state index in [4.69, 9.17) is 24.0 Å². The number of thiazole rings is 1.